The Morgan fingerprint density at radius 2 is 1.83 bits per heavy atom. The number of nitrogens with one attached hydrogen (secondary N) is 1. The van der Waals surface area contributed by atoms with Crippen molar-refractivity contribution in [1.29, 1.82) is 0 Å². The van der Waals surface area contributed by atoms with Crippen LogP contribution in [0.25, 0.3) is 10.8 Å². The third kappa shape index (κ3) is 3.33. The van der Waals surface area contributed by atoms with Crippen LogP contribution in [0.3, 0.4) is 0 Å². The quantitative estimate of drug-likeness (QED) is 0.799. The molecule has 0 fully saturated rings. The zero-order chi connectivity index (χ0) is 16.4. The van der Waals surface area contributed by atoms with Crippen molar-refractivity contribution in [2.75, 3.05) is 0 Å². The first-order valence-electron chi connectivity index (χ1n) is 6.73. The van der Waals surface area contributed by atoms with Crippen LogP contribution in [0, 0.1) is 0 Å². The molecule has 1 heterocycles. The molecule has 4 nitrogen and oxygen atoms in total. The Kier molecular flexibility index (Phi) is 3.77. The van der Waals surface area contributed by atoms with E-state index < -0.39 is 17.8 Å². The van der Waals surface area contributed by atoms with Crippen LogP contribution >= 0.6 is 0 Å². The molecule has 2 aromatic carbocycles. The van der Waals surface area contributed by atoms with Crippen LogP contribution in [0.15, 0.2) is 53.1 Å². The van der Waals surface area contributed by atoms with Gasteiger partial charge in [0.2, 0.25) is 5.76 Å². The Labute approximate surface area is 128 Å². The minimum atomic E-state index is -4.59. The van der Waals surface area contributed by atoms with Crippen molar-refractivity contribution in [3.8, 4) is 0 Å². The predicted octanol–water partition coefficient (Wildman–Crippen LogP) is 3.78. The molecule has 1 aromatic heterocycles. The number of hydrogen-bond donors (Lipinski definition) is 1. The molecule has 0 saturated heterocycles. The predicted molar refractivity (Wildman–Crippen MR) is 76.6 cm³/mol. The second-order valence-electron chi connectivity index (χ2n) is 4.92. The van der Waals surface area contributed by atoms with E-state index in [9.17, 15) is 18.0 Å². The van der Waals surface area contributed by atoms with E-state index >= 15 is 0 Å². The van der Waals surface area contributed by atoms with Gasteiger partial charge in [-0.05, 0) is 22.9 Å². The maximum atomic E-state index is 12.4. The third-order valence-corrected chi connectivity index (χ3v) is 3.28. The number of hydrogen-bond acceptors (Lipinski definition) is 3. The molecule has 23 heavy (non-hydrogen) atoms. The summed E-state index contributed by atoms with van der Waals surface area (Å²) in [5, 5.41) is 7.70. The summed E-state index contributed by atoms with van der Waals surface area (Å²) in [4.78, 5) is 12.1. The SMILES string of the molecule is O=C(NCc1cc(C(F)(F)F)on1)c1ccc2ccccc2c1. The van der Waals surface area contributed by atoms with E-state index in [-0.39, 0.29) is 12.2 Å². The molecule has 1 N–H and O–H groups in total. The number of fused-ring (bicyclic) bond motifs is 1. The topological polar surface area (TPSA) is 55.1 Å². The summed E-state index contributed by atoms with van der Waals surface area (Å²) in [7, 11) is 0. The highest BCUT2D eigenvalue weighted by Gasteiger charge is 2.36. The normalized spacial score (nSPS) is 11.6. The fourth-order valence-corrected chi connectivity index (χ4v) is 2.13. The molecule has 0 bridgehead atoms. The van der Waals surface area contributed by atoms with Crippen LogP contribution in [0.2, 0.25) is 0 Å². The fraction of sp³-hybridized carbons (Fsp3) is 0.125. The molecule has 3 rings (SSSR count). The largest absolute Gasteiger partial charge is 0.452 e. The van der Waals surface area contributed by atoms with Crippen LogP contribution in [0.5, 0.6) is 0 Å². The van der Waals surface area contributed by atoms with E-state index in [1.165, 1.54) is 0 Å². The van der Waals surface area contributed by atoms with Gasteiger partial charge < -0.3 is 9.84 Å². The van der Waals surface area contributed by atoms with Crippen LogP contribution in [-0.2, 0) is 12.7 Å². The average Bonchev–Trinajstić information content (AvgIpc) is 3.01. The summed E-state index contributed by atoms with van der Waals surface area (Å²) in [6.07, 6.45) is -4.59. The van der Waals surface area contributed by atoms with E-state index in [0.717, 1.165) is 16.8 Å². The zero-order valence-corrected chi connectivity index (χ0v) is 11.7. The van der Waals surface area contributed by atoms with Gasteiger partial charge >= 0.3 is 6.18 Å². The van der Waals surface area contributed by atoms with Gasteiger partial charge in [0.1, 0.15) is 5.69 Å². The summed E-state index contributed by atoms with van der Waals surface area (Å²) in [6, 6.07) is 13.5. The molecule has 0 atom stereocenters. The van der Waals surface area contributed by atoms with E-state index in [1.807, 2.05) is 30.3 Å². The standard InChI is InChI=1S/C16H11F3N2O2/c17-16(18,19)14-8-13(21-23-14)9-20-15(22)12-6-5-10-3-1-2-4-11(10)7-12/h1-8H,9H2,(H,20,22). The monoisotopic (exact) mass is 320 g/mol. The average molecular weight is 320 g/mol. The van der Waals surface area contributed by atoms with Crippen LogP contribution in [0.4, 0.5) is 13.2 Å². The highest BCUT2D eigenvalue weighted by molar-refractivity contribution is 5.98. The van der Waals surface area contributed by atoms with Crippen molar-refractivity contribution in [2.24, 2.45) is 0 Å². The molecule has 1 amide bonds. The Balaban J connectivity index is 1.70. The van der Waals surface area contributed by atoms with Gasteiger partial charge in [-0.25, -0.2) is 0 Å². The lowest BCUT2D eigenvalue weighted by Crippen LogP contribution is -2.22. The van der Waals surface area contributed by atoms with Crippen LogP contribution in [0.1, 0.15) is 21.8 Å². The van der Waals surface area contributed by atoms with Crippen LogP contribution in [-0.4, -0.2) is 11.1 Å². The summed E-state index contributed by atoms with van der Waals surface area (Å²) in [6.45, 7) is -0.148. The first kappa shape index (κ1) is 15.1. The van der Waals surface area contributed by atoms with Crippen molar-refractivity contribution >= 4 is 16.7 Å². The second kappa shape index (κ2) is 5.75. The first-order valence-corrected chi connectivity index (χ1v) is 6.73. The maximum Gasteiger partial charge on any atom is 0.452 e. The van der Waals surface area contributed by atoms with Gasteiger partial charge in [0, 0.05) is 11.6 Å². The Morgan fingerprint density at radius 3 is 2.52 bits per heavy atom. The Hall–Kier alpha value is -2.83. The van der Waals surface area contributed by atoms with E-state index in [0.29, 0.717) is 5.56 Å². The maximum absolute atomic E-state index is 12.4. The highest BCUT2D eigenvalue weighted by atomic mass is 19.4. The molecular weight excluding hydrogens is 309 g/mol. The number of carbonyl (C=O) groups is 1. The lowest BCUT2D eigenvalue weighted by atomic mass is 10.1. The molecular formula is C16H11F3N2O2. The lowest BCUT2D eigenvalue weighted by Gasteiger charge is -2.04. The molecule has 0 spiro atoms. The van der Waals surface area contributed by atoms with E-state index in [1.54, 1.807) is 12.1 Å². The smallest absolute Gasteiger partial charge is 0.351 e. The summed E-state index contributed by atoms with van der Waals surface area (Å²) < 4.78 is 41.4. The molecule has 3 aromatic rings. The number of nitrogens with zero attached hydrogens (tertiary/aromatic N) is 1. The molecule has 0 aliphatic carbocycles. The van der Waals surface area contributed by atoms with Gasteiger partial charge in [0.05, 0.1) is 6.54 Å². The molecule has 0 radical (unpaired) electrons. The molecule has 0 aliphatic rings. The lowest BCUT2D eigenvalue weighted by molar-refractivity contribution is -0.155. The number of halogens is 3. The molecule has 0 unspecified atom stereocenters. The number of aromatic nitrogens is 1. The van der Waals surface area contributed by atoms with Crippen molar-refractivity contribution in [3.05, 3.63) is 65.5 Å². The van der Waals surface area contributed by atoms with E-state index in [4.69, 9.17) is 0 Å². The Morgan fingerprint density at radius 1 is 1.09 bits per heavy atom. The van der Waals surface area contributed by atoms with Gasteiger partial charge in [-0.15, -0.1) is 0 Å². The van der Waals surface area contributed by atoms with Crippen LogP contribution < -0.4 is 5.32 Å². The van der Waals surface area contributed by atoms with E-state index in [2.05, 4.69) is 15.0 Å². The fourth-order valence-electron chi connectivity index (χ4n) is 2.13. The number of carbonyl (C=O) groups excluding carboxylic acids is 1. The molecule has 0 aliphatic heterocycles. The summed E-state index contributed by atoms with van der Waals surface area (Å²) >= 11 is 0. The molecule has 7 heteroatoms. The minimum Gasteiger partial charge on any atom is -0.351 e. The number of rotatable bonds is 3. The van der Waals surface area contributed by atoms with Crippen molar-refractivity contribution < 1.29 is 22.5 Å². The van der Waals surface area contributed by atoms with Crippen molar-refractivity contribution in [2.45, 2.75) is 12.7 Å². The van der Waals surface area contributed by atoms with Crippen molar-refractivity contribution in [1.82, 2.24) is 10.5 Å². The number of benzene rings is 2. The van der Waals surface area contributed by atoms with Gasteiger partial charge in [-0.2, -0.15) is 13.2 Å². The second-order valence-corrected chi connectivity index (χ2v) is 4.92. The molecule has 118 valence electrons. The van der Waals surface area contributed by atoms with Gasteiger partial charge in [-0.1, -0.05) is 35.5 Å². The van der Waals surface area contributed by atoms with Crippen molar-refractivity contribution in [3.63, 3.8) is 0 Å². The highest BCUT2D eigenvalue weighted by Crippen LogP contribution is 2.29. The zero-order valence-electron chi connectivity index (χ0n) is 11.7. The number of amides is 1. The summed E-state index contributed by atoms with van der Waals surface area (Å²) in [5.41, 5.74) is 0.426. The third-order valence-electron chi connectivity index (χ3n) is 3.28. The summed E-state index contributed by atoms with van der Waals surface area (Å²) in [5.74, 6) is -1.58. The van der Waals surface area contributed by atoms with Gasteiger partial charge in [0.25, 0.3) is 5.91 Å². The molecule has 0 saturated carbocycles. The van der Waals surface area contributed by atoms with Gasteiger partial charge in [0.15, 0.2) is 0 Å². The first-order chi connectivity index (χ1) is 10.9. The Bertz CT molecular complexity index is 856. The number of alkyl halides is 3. The van der Waals surface area contributed by atoms with Gasteiger partial charge in [-0.3, -0.25) is 4.79 Å². The minimum absolute atomic E-state index is 0.00599.